The van der Waals surface area contributed by atoms with Gasteiger partial charge in [-0.3, -0.25) is 9.78 Å². The van der Waals surface area contributed by atoms with Crippen LogP contribution in [0.4, 0.5) is 13.2 Å². The number of pyridine rings is 2. The van der Waals surface area contributed by atoms with Crippen molar-refractivity contribution in [3.8, 4) is 28.4 Å². The summed E-state index contributed by atoms with van der Waals surface area (Å²) in [7, 11) is 0. The van der Waals surface area contributed by atoms with Gasteiger partial charge in [0.15, 0.2) is 5.43 Å². The van der Waals surface area contributed by atoms with E-state index in [1.165, 1.54) is 24.3 Å². The first-order valence-electron chi connectivity index (χ1n) is 8.91. The molecule has 2 aromatic carbocycles. The Balaban J connectivity index is 1.57. The number of ether oxygens (including phenoxy) is 2. The molecule has 0 spiro atoms. The van der Waals surface area contributed by atoms with Crippen molar-refractivity contribution in [2.45, 2.75) is 13.3 Å². The van der Waals surface area contributed by atoms with E-state index in [0.717, 1.165) is 5.69 Å². The molecular formula is C22H15F3N2O3. The molecule has 8 heteroatoms. The van der Waals surface area contributed by atoms with E-state index in [1.54, 1.807) is 42.7 Å². The lowest BCUT2D eigenvalue weighted by atomic mass is 10.0. The third kappa shape index (κ3) is 4.12. The Hall–Kier alpha value is -3.81. The highest BCUT2D eigenvalue weighted by Gasteiger charge is 2.31. The maximum atomic E-state index is 12.9. The second-order valence-corrected chi connectivity index (χ2v) is 6.52. The second kappa shape index (κ2) is 7.55. The van der Waals surface area contributed by atoms with E-state index in [9.17, 15) is 18.0 Å². The van der Waals surface area contributed by atoms with Crippen LogP contribution < -0.4 is 14.9 Å². The van der Waals surface area contributed by atoms with E-state index in [4.69, 9.17) is 4.74 Å². The molecule has 4 aromatic rings. The van der Waals surface area contributed by atoms with Gasteiger partial charge in [0, 0.05) is 22.8 Å². The number of H-pyrrole nitrogens is 1. The molecule has 5 nitrogen and oxygen atoms in total. The van der Waals surface area contributed by atoms with Crippen molar-refractivity contribution < 1.29 is 22.6 Å². The maximum Gasteiger partial charge on any atom is 0.573 e. The molecule has 0 saturated carbocycles. The van der Waals surface area contributed by atoms with Crippen LogP contribution in [0.2, 0.25) is 0 Å². The number of rotatable bonds is 4. The highest BCUT2D eigenvalue weighted by molar-refractivity contribution is 5.84. The van der Waals surface area contributed by atoms with E-state index in [2.05, 4.69) is 14.7 Å². The summed E-state index contributed by atoms with van der Waals surface area (Å²) in [5.41, 5.74) is 2.55. The maximum absolute atomic E-state index is 12.9. The smallest absolute Gasteiger partial charge is 0.457 e. The molecule has 4 rings (SSSR count). The second-order valence-electron chi connectivity index (χ2n) is 6.52. The van der Waals surface area contributed by atoms with Gasteiger partial charge in [-0.05, 0) is 55.0 Å². The molecular weight excluding hydrogens is 397 g/mol. The summed E-state index contributed by atoms with van der Waals surface area (Å²) in [4.78, 5) is 20.1. The average molecular weight is 412 g/mol. The molecule has 0 aliphatic heterocycles. The molecule has 152 valence electrons. The van der Waals surface area contributed by atoms with Gasteiger partial charge >= 0.3 is 6.36 Å². The van der Waals surface area contributed by atoms with Crippen molar-refractivity contribution in [2.24, 2.45) is 0 Å². The van der Waals surface area contributed by atoms with Crippen LogP contribution in [0.5, 0.6) is 17.2 Å². The van der Waals surface area contributed by atoms with Gasteiger partial charge in [-0.15, -0.1) is 13.2 Å². The molecule has 0 bridgehead atoms. The number of benzene rings is 2. The van der Waals surface area contributed by atoms with E-state index in [-0.39, 0.29) is 11.2 Å². The summed E-state index contributed by atoms with van der Waals surface area (Å²) in [5.74, 6) is 0.498. The van der Waals surface area contributed by atoms with E-state index in [1.807, 2.05) is 6.92 Å². The summed E-state index contributed by atoms with van der Waals surface area (Å²) < 4.78 is 46.2. The van der Waals surface area contributed by atoms with Gasteiger partial charge in [-0.2, -0.15) is 0 Å². The molecule has 0 radical (unpaired) electrons. The fourth-order valence-corrected chi connectivity index (χ4v) is 3.14. The van der Waals surface area contributed by atoms with Crippen LogP contribution in [0.1, 0.15) is 5.69 Å². The van der Waals surface area contributed by atoms with Crippen LogP contribution in [0.25, 0.3) is 22.0 Å². The van der Waals surface area contributed by atoms with Gasteiger partial charge in [0.25, 0.3) is 0 Å². The molecule has 30 heavy (non-hydrogen) atoms. The zero-order valence-electron chi connectivity index (χ0n) is 15.7. The minimum Gasteiger partial charge on any atom is -0.457 e. The number of hydrogen-bond acceptors (Lipinski definition) is 4. The predicted molar refractivity (Wildman–Crippen MR) is 106 cm³/mol. The molecule has 2 heterocycles. The molecule has 0 unspecified atom stereocenters. The Bertz CT molecular complexity index is 1250. The monoisotopic (exact) mass is 412 g/mol. The summed E-state index contributed by atoms with van der Waals surface area (Å²) in [6.07, 6.45) is -1.57. The number of fused-ring (bicyclic) bond motifs is 1. The summed E-state index contributed by atoms with van der Waals surface area (Å²) in [5, 5.41) is 0.548. The van der Waals surface area contributed by atoms with Crippen LogP contribution in [-0.2, 0) is 0 Å². The lowest BCUT2D eigenvalue weighted by molar-refractivity contribution is -0.274. The van der Waals surface area contributed by atoms with Crippen molar-refractivity contribution in [3.63, 3.8) is 0 Å². The van der Waals surface area contributed by atoms with Gasteiger partial charge in [-0.1, -0.05) is 12.1 Å². The van der Waals surface area contributed by atoms with Crippen molar-refractivity contribution in [2.75, 3.05) is 0 Å². The van der Waals surface area contributed by atoms with Crippen LogP contribution in [-0.4, -0.2) is 16.3 Å². The van der Waals surface area contributed by atoms with Gasteiger partial charge < -0.3 is 14.5 Å². The molecule has 0 saturated heterocycles. The van der Waals surface area contributed by atoms with E-state index < -0.39 is 6.36 Å². The van der Waals surface area contributed by atoms with E-state index >= 15 is 0 Å². The largest absolute Gasteiger partial charge is 0.573 e. The molecule has 0 amide bonds. The minimum atomic E-state index is -4.74. The molecule has 2 aromatic heterocycles. The SMILES string of the molecule is Cc1[nH]c2cnccc2c(=O)c1-c1ccc(Oc2ccc(OC(F)(F)F)cc2)cc1. The zero-order chi connectivity index (χ0) is 21.3. The number of nitrogens with one attached hydrogen (secondary N) is 1. The first kappa shape index (κ1) is 19.5. The Morgan fingerprint density at radius 1 is 0.900 bits per heavy atom. The highest BCUT2D eigenvalue weighted by atomic mass is 19.4. The van der Waals surface area contributed by atoms with Gasteiger partial charge in [-0.25, -0.2) is 0 Å². The van der Waals surface area contributed by atoms with Crippen molar-refractivity contribution in [1.82, 2.24) is 9.97 Å². The summed E-state index contributed by atoms with van der Waals surface area (Å²) >= 11 is 0. The number of aromatic amines is 1. The van der Waals surface area contributed by atoms with Crippen LogP contribution in [0.15, 0.2) is 71.8 Å². The molecule has 0 aliphatic rings. The van der Waals surface area contributed by atoms with Gasteiger partial charge in [0.2, 0.25) is 0 Å². The first-order chi connectivity index (χ1) is 14.3. The first-order valence-corrected chi connectivity index (χ1v) is 8.91. The highest BCUT2D eigenvalue weighted by Crippen LogP contribution is 2.29. The zero-order valence-corrected chi connectivity index (χ0v) is 15.7. The topological polar surface area (TPSA) is 64.2 Å². The van der Waals surface area contributed by atoms with Crippen molar-refractivity contribution in [1.29, 1.82) is 0 Å². The normalized spacial score (nSPS) is 11.5. The molecule has 0 aliphatic carbocycles. The van der Waals surface area contributed by atoms with Crippen molar-refractivity contribution >= 4 is 10.9 Å². The number of alkyl halides is 3. The average Bonchev–Trinajstić information content (AvgIpc) is 2.70. The lowest BCUT2D eigenvalue weighted by Crippen LogP contribution is -2.16. The lowest BCUT2D eigenvalue weighted by Gasteiger charge is -2.11. The molecule has 0 fully saturated rings. The number of aryl methyl sites for hydroxylation is 1. The fourth-order valence-electron chi connectivity index (χ4n) is 3.14. The van der Waals surface area contributed by atoms with Crippen LogP contribution in [0, 0.1) is 6.92 Å². The third-order valence-electron chi connectivity index (χ3n) is 4.43. The van der Waals surface area contributed by atoms with Gasteiger partial charge in [0.05, 0.1) is 11.7 Å². The minimum absolute atomic E-state index is 0.0995. The predicted octanol–water partition coefficient (Wildman–Crippen LogP) is 5.59. The van der Waals surface area contributed by atoms with Gasteiger partial charge in [0.1, 0.15) is 17.2 Å². The van der Waals surface area contributed by atoms with Crippen LogP contribution >= 0.6 is 0 Å². The Kier molecular flexibility index (Phi) is 4.91. The summed E-state index contributed by atoms with van der Waals surface area (Å²) in [6.45, 7) is 1.82. The Morgan fingerprint density at radius 2 is 1.50 bits per heavy atom. The van der Waals surface area contributed by atoms with Crippen LogP contribution in [0.3, 0.4) is 0 Å². The fraction of sp³-hybridized carbons (Fsp3) is 0.0909. The van der Waals surface area contributed by atoms with Crippen molar-refractivity contribution in [3.05, 3.63) is 82.9 Å². The Morgan fingerprint density at radius 3 is 2.13 bits per heavy atom. The number of hydrogen-bond donors (Lipinski definition) is 1. The number of nitrogens with zero attached hydrogens (tertiary/aromatic N) is 1. The third-order valence-corrected chi connectivity index (χ3v) is 4.43. The van der Waals surface area contributed by atoms with E-state index in [0.29, 0.717) is 33.5 Å². The summed E-state index contributed by atoms with van der Waals surface area (Å²) in [6, 6.07) is 13.6. The number of aromatic nitrogens is 2. The molecule has 0 atom stereocenters. The number of halogens is 3. The Labute approximate surface area is 168 Å². The molecule has 1 N–H and O–H groups in total. The quantitative estimate of drug-likeness (QED) is 0.475. The standard InChI is InChI=1S/C22H15F3N2O3/c1-13-20(21(28)18-10-11-26-12-19(18)27-13)14-2-4-15(5-3-14)29-16-6-8-17(9-7-16)30-22(23,24)25/h2-12H,1H3,(H,27,28).